The van der Waals surface area contributed by atoms with Gasteiger partial charge in [0.25, 0.3) is 5.69 Å². The van der Waals surface area contributed by atoms with Crippen LogP contribution in [0.25, 0.3) is 16.7 Å². The largest absolute Gasteiger partial charge is 0.361 e. The zero-order valence-electron chi connectivity index (χ0n) is 9.20. The lowest BCUT2D eigenvalue weighted by Gasteiger charge is -1.98. The first-order valence-electron chi connectivity index (χ1n) is 5.33. The van der Waals surface area contributed by atoms with E-state index in [-0.39, 0.29) is 11.4 Å². The SMILES string of the molecule is [N-]=[N+]=C1c2ccccc2-c2cccc([N+](=O)[O-])c21. The van der Waals surface area contributed by atoms with Crippen LogP contribution in [-0.4, -0.2) is 15.4 Å². The number of hydrogen-bond acceptors (Lipinski definition) is 2. The first-order chi connectivity index (χ1) is 8.74. The zero-order valence-corrected chi connectivity index (χ0v) is 9.20. The Kier molecular flexibility index (Phi) is 2.08. The van der Waals surface area contributed by atoms with Crippen LogP contribution in [0.15, 0.2) is 42.5 Å². The third kappa shape index (κ3) is 1.22. The molecule has 0 aromatic heterocycles. The van der Waals surface area contributed by atoms with E-state index >= 15 is 0 Å². The summed E-state index contributed by atoms with van der Waals surface area (Å²) < 4.78 is 0. The third-order valence-corrected chi connectivity index (χ3v) is 3.05. The fourth-order valence-corrected chi connectivity index (χ4v) is 2.33. The van der Waals surface area contributed by atoms with E-state index in [1.54, 1.807) is 18.2 Å². The van der Waals surface area contributed by atoms with Crippen LogP contribution in [0.5, 0.6) is 0 Å². The number of rotatable bonds is 1. The van der Waals surface area contributed by atoms with Crippen LogP contribution in [0.2, 0.25) is 0 Å². The summed E-state index contributed by atoms with van der Waals surface area (Å²) in [5, 5.41) is 11.0. The Morgan fingerprint density at radius 2 is 1.67 bits per heavy atom. The van der Waals surface area contributed by atoms with Crippen molar-refractivity contribution < 1.29 is 9.71 Å². The highest BCUT2D eigenvalue weighted by Gasteiger charge is 2.37. The van der Waals surface area contributed by atoms with Gasteiger partial charge in [0.1, 0.15) is 5.56 Å². The molecule has 0 spiro atoms. The highest BCUT2D eigenvalue weighted by molar-refractivity contribution is 6.23. The lowest BCUT2D eigenvalue weighted by molar-refractivity contribution is -0.385. The normalized spacial score (nSPS) is 11.7. The Morgan fingerprint density at radius 3 is 2.33 bits per heavy atom. The molecule has 1 aliphatic rings. The molecular weight excluding hydrogens is 230 g/mol. The molecule has 0 atom stereocenters. The fraction of sp³-hybridized carbons (Fsp3) is 0. The molecule has 0 fully saturated rings. The van der Waals surface area contributed by atoms with Crippen molar-refractivity contribution in [2.45, 2.75) is 0 Å². The summed E-state index contributed by atoms with van der Waals surface area (Å²) in [6, 6.07) is 12.1. The van der Waals surface area contributed by atoms with Crippen LogP contribution in [0.3, 0.4) is 0 Å². The van der Waals surface area contributed by atoms with E-state index in [1.165, 1.54) is 6.07 Å². The van der Waals surface area contributed by atoms with Crippen molar-refractivity contribution in [2.24, 2.45) is 0 Å². The number of nitrogens with zero attached hydrogens (tertiary/aromatic N) is 3. The van der Waals surface area contributed by atoms with Crippen LogP contribution < -0.4 is 0 Å². The molecule has 0 heterocycles. The maximum absolute atomic E-state index is 11.0. The lowest BCUT2D eigenvalue weighted by atomic mass is 10.1. The number of benzene rings is 2. The highest BCUT2D eigenvalue weighted by atomic mass is 16.6. The number of nitro benzene ring substituents is 1. The van der Waals surface area contributed by atoms with Crippen LogP contribution >= 0.6 is 0 Å². The van der Waals surface area contributed by atoms with Crippen molar-refractivity contribution >= 4 is 11.4 Å². The first-order valence-corrected chi connectivity index (χ1v) is 5.33. The third-order valence-electron chi connectivity index (χ3n) is 3.05. The highest BCUT2D eigenvalue weighted by Crippen LogP contribution is 2.40. The van der Waals surface area contributed by atoms with Crippen molar-refractivity contribution in [2.75, 3.05) is 0 Å². The van der Waals surface area contributed by atoms with Crippen molar-refractivity contribution in [3.05, 3.63) is 69.2 Å². The average molecular weight is 237 g/mol. The Bertz CT molecular complexity index is 731. The monoisotopic (exact) mass is 237 g/mol. The predicted octanol–water partition coefficient (Wildman–Crippen LogP) is 2.64. The summed E-state index contributed by atoms with van der Waals surface area (Å²) in [7, 11) is 0. The van der Waals surface area contributed by atoms with Gasteiger partial charge in [-0.1, -0.05) is 30.3 Å². The van der Waals surface area contributed by atoms with Gasteiger partial charge >= 0.3 is 5.71 Å². The molecule has 2 aromatic rings. The molecular formula is C13H7N3O2. The zero-order chi connectivity index (χ0) is 12.7. The van der Waals surface area contributed by atoms with Gasteiger partial charge in [0.05, 0.1) is 10.5 Å². The van der Waals surface area contributed by atoms with Crippen LogP contribution in [-0.2, 0) is 0 Å². The van der Waals surface area contributed by atoms with Gasteiger partial charge in [-0.05, 0) is 11.6 Å². The molecule has 0 amide bonds. The van der Waals surface area contributed by atoms with E-state index in [4.69, 9.17) is 5.53 Å². The molecule has 0 unspecified atom stereocenters. The number of nitro groups is 1. The first kappa shape index (κ1) is 10.4. The van der Waals surface area contributed by atoms with E-state index in [0.29, 0.717) is 11.1 Å². The average Bonchev–Trinajstić information content (AvgIpc) is 2.72. The van der Waals surface area contributed by atoms with E-state index < -0.39 is 4.92 Å². The second-order valence-electron chi connectivity index (χ2n) is 3.95. The van der Waals surface area contributed by atoms with E-state index in [9.17, 15) is 10.1 Å². The maximum Gasteiger partial charge on any atom is 0.337 e. The van der Waals surface area contributed by atoms with Crippen molar-refractivity contribution in [3.8, 4) is 11.1 Å². The van der Waals surface area contributed by atoms with Gasteiger partial charge in [-0.3, -0.25) is 10.1 Å². The van der Waals surface area contributed by atoms with Gasteiger partial charge in [0, 0.05) is 11.6 Å². The molecule has 0 saturated heterocycles. The topological polar surface area (TPSA) is 79.5 Å². The summed E-state index contributed by atoms with van der Waals surface area (Å²) >= 11 is 0. The van der Waals surface area contributed by atoms with Gasteiger partial charge in [-0.15, -0.1) is 0 Å². The quantitative estimate of drug-likeness (QED) is 0.282. The minimum absolute atomic E-state index is 0.0449. The molecule has 0 saturated carbocycles. The molecule has 2 aromatic carbocycles. The summed E-state index contributed by atoms with van der Waals surface area (Å²) in [5.74, 6) is 0. The van der Waals surface area contributed by atoms with Gasteiger partial charge < -0.3 is 5.53 Å². The van der Waals surface area contributed by atoms with E-state index in [1.807, 2.05) is 18.2 Å². The van der Waals surface area contributed by atoms with Crippen LogP contribution in [0.1, 0.15) is 11.1 Å². The second-order valence-corrected chi connectivity index (χ2v) is 3.95. The second kappa shape index (κ2) is 3.61. The van der Waals surface area contributed by atoms with Gasteiger partial charge in [-0.25, -0.2) is 0 Å². The molecule has 0 radical (unpaired) electrons. The smallest absolute Gasteiger partial charge is 0.337 e. The molecule has 3 rings (SSSR count). The van der Waals surface area contributed by atoms with Crippen LogP contribution in [0.4, 0.5) is 5.69 Å². The van der Waals surface area contributed by atoms with Gasteiger partial charge in [0.15, 0.2) is 0 Å². The molecule has 18 heavy (non-hydrogen) atoms. The summed E-state index contributed by atoms with van der Waals surface area (Å²) in [4.78, 5) is 13.8. The molecule has 0 bridgehead atoms. The van der Waals surface area contributed by atoms with Crippen LogP contribution in [0, 0.1) is 10.1 Å². The minimum atomic E-state index is -0.462. The lowest BCUT2D eigenvalue weighted by Crippen LogP contribution is -2.03. The Balaban J connectivity index is 2.45. The molecule has 0 N–H and O–H groups in total. The Hall–Kier alpha value is -2.78. The van der Waals surface area contributed by atoms with Crippen molar-refractivity contribution in [1.82, 2.24) is 0 Å². The molecule has 1 aliphatic carbocycles. The maximum atomic E-state index is 11.0. The van der Waals surface area contributed by atoms with Crippen molar-refractivity contribution in [1.29, 1.82) is 0 Å². The van der Waals surface area contributed by atoms with E-state index in [0.717, 1.165) is 11.1 Å². The summed E-state index contributed by atoms with van der Waals surface area (Å²) in [6.45, 7) is 0. The van der Waals surface area contributed by atoms with Gasteiger partial charge in [-0.2, -0.15) is 4.79 Å². The molecule has 5 heteroatoms. The minimum Gasteiger partial charge on any atom is -0.361 e. The van der Waals surface area contributed by atoms with Gasteiger partial charge in [0.2, 0.25) is 0 Å². The Morgan fingerprint density at radius 1 is 1.00 bits per heavy atom. The number of hydrogen-bond donors (Lipinski definition) is 0. The Labute approximate surface area is 102 Å². The fourth-order valence-electron chi connectivity index (χ4n) is 2.33. The molecule has 86 valence electrons. The molecule has 0 aliphatic heterocycles. The molecule has 5 nitrogen and oxygen atoms in total. The summed E-state index contributed by atoms with van der Waals surface area (Å²) in [5.41, 5.74) is 12.0. The van der Waals surface area contributed by atoms with E-state index in [2.05, 4.69) is 4.79 Å². The van der Waals surface area contributed by atoms with Crippen molar-refractivity contribution in [3.63, 3.8) is 0 Å². The predicted molar refractivity (Wildman–Crippen MR) is 65.4 cm³/mol. The summed E-state index contributed by atoms with van der Waals surface area (Å²) in [6.07, 6.45) is 0. The standard InChI is InChI=1S/C13H7N3O2/c14-15-13-10-5-2-1-4-8(10)9-6-3-7-11(12(9)13)16(17)18/h1-7H. The number of fused-ring (bicyclic) bond motifs is 3.